The Bertz CT molecular complexity index is 519. The SMILES string of the molecule is S=c1nc(C2CC3CCC2C3)[nH]c2c1CCC2. The van der Waals surface area contributed by atoms with Crippen LogP contribution in [0.3, 0.4) is 0 Å². The van der Waals surface area contributed by atoms with E-state index in [1.807, 2.05) is 0 Å². The fraction of sp³-hybridized carbons (Fsp3) is 0.714. The molecule has 3 atom stereocenters. The summed E-state index contributed by atoms with van der Waals surface area (Å²) < 4.78 is 0.883. The highest BCUT2D eigenvalue weighted by Crippen LogP contribution is 2.52. The summed E-state index contributed by atoms with van der Waals surface area (Å²) in [5.41, 5.74) is 2.72. The summed E-state index contributed by atoms with van der Waals surface area (Å²) in [6.07, 6.45) is 9.20. The lowest BCUT2D eigenvalue weighted by atomic mass is 9.88. The predicted octanol–water partition coefficient (Wildman–Crippen LogP) is 3.53. The Balaban J connectivity index is 1.75. The second-order valence-electron chi connectivity index (χ2n) is 6.02. The summed E-state index contributed by atoms with van der Waals surface area (Å²) in [6.45, 7) is 0. The second-order valence-corrected chi connectivity index (χ2v) is 6.41. The molecule has 0 aromatic carbocycles. The lowest BCUT2D eigenvalue weighted by Gasteiger charge is -2.21. The van der Waals surface area contributed by atoms with Crippen molar-refractivity contribution in [2.24, 2.45) is 11.8 Å². The molecule has 3 aliphatic carbocycles. The lowest BCUT2D eigenvalue weighted by molar-refractivity contribution is 0.404. The maximum Gasteiger partial charge on any atom is 0.133 e. The van der Waals surface area contributed by atoms with Gasteiger partial charge in [-0.15, -0.1) is 0 Å². The molecular formula is C14H18N2S. The summed E-state index contributed by atoms with van der Waals surface area (Å²) in [5, 5.41) is 0. The molecule has 0 radical (unpaired) electrons. The van der Waals surface area contributed by atoms with Gasteiger partial charge in [-0.05, 0) is 50.4 Å². The number of rotatable bonds is 1. The molecule has 1 aromatic heterocycles. The molecule has 0 spiro atoms. The highest BCUT2D eigenvalue weighted by Gasteiger charge is 2.41. The summed E-state index contributed by atoms with van der Waals surface area (Å²) >= 11 is 5.46. The number of hydrogen-bond acceptors (Lipinski definition) is 2. The maximum atomic E-state index is 5.46. The van der Waals surface area contributed by atoms with Crippen molar-refractivity contribution in [1.29, 1.82) is 0 Å². The molecule has 0 saturated heterocycles. The molecule has 2 fully saturated rings. The van der Waals surface area contributed by atoms with Crippen LogP contribution in [0.5, 0.6) is 0 Å². The normalized spacial score (nSPS) is 34.2. The van der Waals surface area contributed by atoms with Crippen molar-refractivity contribution in [3.05, 3.63) is 21.7 Å². The van der Waals surface area contributed by atoms with E-state index in [4.69, 9.17) is 17.2 Å². The fourth-order valence-corrected chi connectivity index (χ4v) is 4.56. The largest absolute Gasteiger partial charge is 0.347 e. The molecule has 3 unspecified atom stereocenters. The fourth-order valence-electron chi connectivity index (χ4n) is 4.23. The minimum atomic E-state index is 0.682. The number of fused-ring (bicyclic) bond motifs is 3. The predicted molar refractivity (Wildman–Crippen MR) is 69.6 cm³/mol. The zero-order valence-corrected chi connectivity index (χ0v) is 10.9. The summed E-state index contributed by atoms with van der Waals surface area (Å²) in [7, 11) is 0. The number of aryl methyl sites for hydroxylation is 1. The third-order valence-corrected chi connectivity index (χ3v) is 5.40. The molecule has 2 nitrogen and oxygen atoms in total. The Morgan fingerprint density at radius 1 is 1.18 bits per heavy atom. The standard InChI is InChI=1S/C14H18N2S/c17-14-10-2-1-3-12(10)15-13(16-14)11-7-8-4-5-9(11)6-8/h8-9,11H,1-7H2,(H,15,16,17). The molecule has 2 bridgehead atoms. The van der Waals surface area contributed by atoms with Crippen molar-refractivity contribution in [3.63, 3.8) is 0 Å². The molecule has 1 N–H and O–H groups in total. The Morgan fingerprint density at radius 3 is 2.88 bits per heavy atom. The number of nitrogens with one attached hydrogen (secondary N) is 1. The average molecular weight is 246 g/mol. The molecule has 17 heavy (non-hydrogen) atoms. The molecule has 3 aliphatic rings. The Morgan fingerprint density at radius 2 is 2.12 bits per heavy atom. The molecule has 0 amide bonds. The van der Waals surface area contributed by atoms with E-state index in [1.54, 1.807) is 0 Å². The van der Waals surface area contributed by atoms with E-state index in [0.717, 1.165) is 22.9 Å². The van der Waals surface area contributed by atoms with Gasteiger partial charge in [-0.1, -0.05) is 18.6 Å². The number of hydrogen-bond donors (Lipinski definition) is 1. The van der Waals surface area contributed by atoms with Gasteiger partial charge in [0.25, 0.3) is 0 Å². The molecule has 1 heterocycles. The van der Waals surface area contributed by atoms with Crippen LogP contribution in [0, 0.1) is 16.5 Å². The average Bonchev–Trinajstić information content (AvgIpc) is 3.04. The van der Waals surface area contributed by atoms with E-state index in [2.05, 4.69) is 4.98 Å². The number of aromatic nitrogens is 2. The van der Waals surface area contributed by atoms with Crippen molar-refractivity contribution in [2.45, 2.75) is 50.9 Å². The minimum absolute atomic E-state index is 0.682. The van der Waals surface area contributed by atoms with Crippen molar-refractivity contribution < 1.29 is 0 Å². The Kier molecular flexibility index (Phi) is 2.20. The van der Waals surface area contributed by atoms with E-state index >= 15 is 0 Å². The van der Waals surface area contributed by atoms with Crippen LogP contribution in [0.2, 0.25) is 0 Å². The lowest BCUT2D eigenvalue weighted by Crippen LogP contribution is -2.13. The van der Waals surface area contributed by atoms with Gasteiger partial charge in [0, 0.05) is 17.2 Å². The van der Waals surface area contributed by atoms with Crippen molar-refractivity contribution in [3.8, 4) is 0 Å². The van der Waals surface area contributed by atoms with Gasteiger partial charge in [0.15, 0.2) is 0 Å². The van der Waals surface area contributed by atoms with E-state index in [1.165, 1.54) is 55.6 Å². The first-order valence-electron chi connectivity index (χ1n) is 6.93. The number of H-pyrrole nitrogens is 1. The van der Waals surface area contributed by atoms with Gasteiger partial charge < -0.3 is 4.98 Å². The highest BCUT2D eigenvalue weighted by atomic mass is 32.1. The second kappa shape index (κ2) is 3.64. The van der Waals surface area contributed by atoms with Gasteiger partial charge >= 0.3 is 0 Å². The van der Waals surface area contributed by atoms with E-state index in [0.29, 0.717) is 5.92 Å². The van der Waals surface area contributed by atoms with Crippen LogP contribution in [-0.4, -0.2) is 9.97 Å². The zero-order chi connectivity index (χ0) is 11.4. The van der Waals surface area contributed by atoms with E-state index in [-0.39, 0.29) is 0 Å². The highest BCUT2D eigenvalue weighted by molar-refractivity contribution is 7.71. The maximum absolute atomic E-state index is 5.46. The van der Waals surface area contributed by atoms with Gasteiger partial charge in [-0.25, -0.2) is 4.98 Å². The molecule has 3 heteroatoms. The molecular weight excluding hydrogens is 228 g/mol. The van der Waals surface area contributed by atoms with Crippen LogP contribution in [0.1, 0.15) is 55.1 Å². The van der Waals surface area contributed by atoms with Crippen molar-refractivity contribution >= 4 is 12.2 Å². The van der Waals surface area contributed by atoms with E-state index in [9.17, 15) is 0 Å². The van der Waals surface area contributed by atoms with Crippen molar-refractivity contribution in [2.75, 3.05) is 0 Å². The van der Waals surface area contributed by atoms with Gasteiger partial charge in [0.1, 0.15) is 10.5 Å². The van der Waals surface area contributed by atoms with Crippen LogP contribution < -0.4 is 0 Å². The summed E-state index contributed by atoms with van der Waals surface area (Å²) in [4.78, 5) is 8.32. The molecule has 1 aromatic rings. The monoisotopic (exact) mass is 246 g/mol. The minimum Gasteiger partial charge on any atom is -0.347 e. The topological polar surface area (TPSA) is 28.7 Å². The van der Waals surface area contributed by atoms with Gasteiger partial charge in [-0.2, -0.15) is 0 Å². The van der Waals surface area contributed by atoms with Crippen LogP contribution >= 0.6 is 12.2 Å². The summed E-state index contributed by atoms with van der Waals surface area (Å²) in [5.74, 6) is 3.75. The third kappa shape index (κ3) is 1.51. The smallest absolute Gasteiger partial charge is 0.133 e. The van der Waals surface area contributed by atoms with Gasteiger partial charge in [-0.3, -0.25) is 0 Å². The summed E-state index contributed by atoms with van der Waals surface area (Å²) in [6, 6.07) is 0. The Hall–Kier alpha value is -0.700. The van der Waals surface area contributed by atoms with Crippen molar-refractivity contribution in [1.82, 2.24) is 9.97 Å². The van der Waals surface area contributed by atoms with Crippen LogP contribution in [0.4, 0.5) is 0 Å². The number of nitrogens with zero attached hydrogens (tertiary/aromatic N) is 1. The molecule has 0 aliphatic heterocycles. The quantitative estimate of drug-likeness (QED) is 0.768. The van der Waals surface area contributed by atoms with Crippen LogP contribution in [0.15, 0.2) is 0 Å². The number of aromatic amines is 1. The van der Waals surface area contributed by atoms with Crippen LogP contribution in [-0.2, 0) is 12.8 Å². The molecule has 90 valence electrons. The first-order valence-corrected chi connectivity index (χ1v) is 7.34. The van der Waals surface area contributed by atoms with Crippen LogP contribution in [0.25, 0.3) is 0 Å². The Labute approximate surface area is 107 Å². The molecule has 4 rings (SSSR count). The van der Waals surface area contributed by atoms with E-state index < -0.39 is 0 Å². The third-order valence-electron chi connectivity index (χ3n) is 5.07. The van der Waals surface area contributed by atoms with Gasteiger partial charge in [0.05, 0.1) is 0 Å². The molecule has 2 saturated carbocycles. The zero-order valence-electron chi connectivity index (χ0n) is 10.0. The van der Waals surface area contributed by atoms with Gasteiger partial charge in [0.2, 0.25) is 0 Å². The first-order chi connectivity index (χ1) is 8.31. The first kappa shape index (κ1) is 10.2.